The Labute approximate surface area is 314 Å². The van der Waals surface area contributed by atoms with E-state index in [1.54, 1.807) is 0 Å². The molecule has 8 heteroatoms. The molecule has 6 nitrogen and oxygen atoms in total. The summed E-state index contributed by atoms with van der Waals surface area (Å²) in [5, 5.41) is 3.89. The number of hydrogen-bond acceptors (Lipinski definition) is 6. The first-order valence-electron chi connectivity index (χ1n) is 17.2. The van der Waals surface area contributed by atoms with E-state index in [1.807, 2.05) is 0 Å². The molecule has 0 aromatic heterocycles. The SMILES string of the molecule is Cc1cc(C(C)(C)CN)cc2c1N(c1ccc(Br)cc1)c1ccc(cc1)N(c1ccc(Br)cc1)c1c(CN)cc(C(C)(C)CN)cc1CNC2. The maximum Gasteiger partial charge on any atom is 0.0551 e. The number of fused-ring (bicyclic) bond motifs is 4. The summed E-state index contributed by atoms with van der Waals surface area (Å²) in [7, 11) is 0. The summed E-state index contributed by atoms with van der Waals surface area (Å²) in [5.74, 6) is 0. The molecule has 2 bridgehead atoms. The Morgan fingerprint density at radius 1 is 0.580 bits per heavy atom. The van der Waals surface area contributed by atoms with Gasteiger partial charge in [0.2, 0.25) is 0 Å². The molecule has 2 aliphatic heterocycles. The molecule has 2 aliphatic rings. The van der Waals surface area contributed by atoms with Crippen LogP contribution in [0.5, 0.6) is 0 Å². The number of nitrogens with one attached hydrogen (secondary N) is 1. The molecule has 0 saturated carbocycles. The van der Waals surface area contributed by atoms with Gasteiger partial charge in [0.15, 0.2) is 0 Å². The molecule has 0 atom stereocenters. The van der Waals surface area contributed by atoms with Gasteiger partial charge in [-0.15, -0.1) is 0 Å². The number of halogens is 2. The average Bonchev–Trinajstić information content (AvgIpc) is 3.12. The zero-order valence-corrected chi connectivity index (χ0v) is 32.8. The topological polar surface area (TPSA) is 96.6 Å². The lowest BCUT2D eigenvalue weighted by Gasteiger charge is -2.33. The van der Waals surface area contributed by atoms with Gasteiger partial charge in [0.05, 0.1) is 11.4 Å². The molecule has 5 aromatic rings. The molecule has 7 rings (SSSR count). The van der Waals surface area contributed by atoms with Crippen LogP contribution in [0.2, 0.25) is 0 Å². The van der Waals surface area contributed by atoms with Crippen molar-refractivity contribution in [2.45, 2.75) is 65.1 Å². The van der Waals surface area contributed by atoms with E-state index in [-0.39, 0.29) is 10.8 Å². The van der Waals surface area contributed by atoms with Crippen LogP contribution in [0.25, 0.3) is 0 Å². The van der Waals surface area contributed by atoms with E-state index in [1.165, 1.54) is 22.3 Å². The van der Waals surface area contributed by atoms with Crippen molar-refractivity contribution in [3.8, 4) is 0 Å². The van der Waals surface area contributed by atoms with Crippen LogP contribution in [-0.2, 0) is 30.5 Å². The van der Waals surface area contributed by atoms with Crippen molar-refractivity contribution in [1.29, 1.82) is 0 Å². The zero-order valence-electron chi connectivity index (χ0n) is 29.7. The first kappa shape index (κ1) is 36.3. The summed E-state index contributed by atoms with van der Waals surface area (Å²) in [6.07, 6.45) is 0. The minimum Gasteiger partial charge on any atom is -0.330 e. The normalized spacial score (nSPS) is 13.7. The molecule has 50 heavy (non-hydrogen) atoms. The number of benzene rings is 5. The van der Waals surface area contributed by atoms with Crippen LogP contribution in [0.4, 0.5) is 34.1 Å². The van der Waals surface area contributed by atoms with Gasteiger partial charge < -0.3 is 32.3 Å². The van der Waals surface area contributed by atoms with E-state index in [0.717, 1.165) is 54.2 Å². The second-order valence-electron chi connectivity index (χ2n) is 14.6. The molecular formula is C42H48Br2N6. The first-order valence-corrected chi connectivity index (χ1v) is 18.8. The monoisotopic (exact) mass is 794 g/mol. The predicted molar refractivity (Wildman–Crippen MR) is 219 cm³/mol. The molecule has 0 amide bonds. The van der Waals surface area contributed by atoms with E-state index < -0.39 is 0 Å². The van der Waals surface area contributed by atoms with Crippen molar-refractivity contribution >= 4 is 66.0 Å². The zero-order chi connectivity index (χ0) is 35.8. The van der Waals surface area contributed by atoms with Crippen molar-refractivity contribution in [3.63, 3.8) is 0 Å². The molecule has 260 valence electrons. The number of anilines is 6. The Balaban J connectivity index is 1.64. The lowest BCUT2D eigenvalue weighted by molar-refractivity contribution is 0.536. The van der Waals surface area contributed by atoms with Gasteiger partial charge in [0, 0.05) is 75.2 Å². The van der Waals surface area contributed by atoms with E-state index >= 15 is 0 Å². The minimum atomic E-state index is -0.220. The Morgan fingerprint density at radius 3 is 1.38 bits per heavy atom. The highest BCUT2D eigenvalue weighted by molar-refractivity contribution is 9.10. The van der Waals surface area contributed by atoms with E-state index in [4.69, 9.17) is 17.2 Å². The summed E-state index contributed by atoms with van der Waals surface area (Å²) in [4.78, 5) is 4.72. The maximum absolute atomic E-state index is 6.62. The summed E-state index contributed by atoms with van der Waals surface area (Å²) in [6, 6.07) is 35.1. The summed E-state index contributed by atoms with van der Waals surface area (Å²) in [6.45, 7) is 13.8. The molecule has 0 aliphatic carbocycles. The molecule has 0 spiro atoms. The Bertz CT molecular complexity index is 1970. The molecule has 0 radical (unpaired) electrons. The third-order valence-corrected chi connectivity index (χ3v) is 11.1. The third-order valence-electron chi connectivity index (χ3n) is 10.1. The molecule has 0 unspecified atom stereocenters. The lowest BCUT2D eigenvalue weighted by atomic mass is 9.82. The Morgan fingerprint density at radius 2 is 0.960 bits per heavy atom. The van der Waals surface area contributed by atoms with Gasteiger partial charge in [-0.1, -0.05) is 83.8 Å². The van der Waals surface area contributed by atoms with Gasteiger partial charge in [-0.25, -0.2) is 0 Å². The van der Waals surface area contributed by atoms with Gasteiger partial charge in [-0.05, 0) is 113 Å². The second-order valence-corrected chi connectivity index (χ2v) is 16.4. The lowest BCUT2D eigenvalue weighted by Crippen LogP contribution is -2.30. The van der Waals surface area contributed by atoms with E-state index in [9.17, 15) is 0 Å². The van der Waals surface area contributed by atoms with Crippen LogP contribution >= 0.6 is 31.9 Å². The fourth-order valence-corrected chi connectivity index (χ4v) is 7.27. The summed E-state index contributed by atoms with van der Waals surface area (Å²) < 4.78 is 2.07. The highest BCUT2D eigenvalue weighted by Crippen LogP contribution is 2.45. The highest BCUT2D eigenvalue weighted by Gasteiger charge is 2.28. The van der Waals surface area contributed by atoms with Crippen molar-refractivity contribution in [2.24, 2.45) is 17.2 Å². The van der Waals surface area contributed by atoms with Crippen molar-refractivity contribution in [1.82, 2.24) is 5.32 Å². The molecule has 0 fully saturated rings. The fourth-order valence-electron chi connectivity index (χ4n) is 6.74. The quantitative estimate of drug-likeness (QED) is 0.131. The third kappa shape index (κ3) is 7.15. The fraction of sp³-hybridized carbons (Fsp3) is 0.286. The largest absolute Gasteiger partial charge is 0.330 e. The second kappa shape index (κ2) is 14.6. The van der Waals surface area contributed by atoms with E-state index in [2.05, 4.69) is 179 Å². The molecular weight excluding hydrogens is 748 g/mol. The molecule has 0 saturated heterocycles. The molecule has 2 heterocycles. The average molecular weight is 797 g/mol. The summed E-state index contributed by atoms with van der Waals surface area (Å²) >= 11 is 7.30. The van der Waals surface area contributed by atoms with Crippen LogP contribution in [0.3, 0.4) is 0 Å². The van der Waals surface area contributed by atoms with Crippen LogP contribution < -0.4 is 32.3 Å². The van der Waals surface area contributed by atoms with Crippen molar-refractivity contribution < 1.29 is 0 Å². The Kier molecular flexibility index (Phi) is 10.6. The van der Waals surface area contributed by atoms with Crippen LogP contribution in [0, 0.1) is 6.92 Å². The van der Waals surface area contributed by atoms with Gasteiger partial charge in [0.1, 0.15) is 0 Å². The Hall–Kier alpha value is -3.50. The highest BCUT2D eigenvalue weighted by atomic mass is 79.9. The van der Waals surface area contributed by atoms with Gasteiger partial charge in [-0.3, -0.25) is 0 Å². The first-order chi connectivity index (χ1) is 23.9. The smallest absolute Gasteiger partial charge is 0.0551 e. The maximum atomic E-state index is 6.62. The number of nitrogens with zero attached hydrogens (tertiary/aromatic N) is 2. The van der Waals surface area contributed by atoms with E-state index in [0.29, 0.717) is 32.7 Å². The number of aryl methyl sites for hydroxylation is 1. The number of rotatable bonds is 7. The van der Waals surface area contributed by atoms with Gasteiger partial charge >= 0.3 is 0 Å². The summed E-state index contributed by atoms with van der Waals surface area (Å²) in [5.41, 5.74) is 32.4. The van der Waals surface area contributed by atoms with Gasteiger partial charge in [0.25, 0.3) is 0 Å². The minimum absolute atomic E-state index is 0.179. The van der Waals surface area contributed by atoms with Crippen LogP contribution in [-0.4, -0.2) is 13.1 Å². The van der Waals surface area contributed by atoms with Crippen molar-refractivity contribution in [2.75, 3.05) is 22.9 Å². The number of hydrogen-bond donors (Lipinski definition) is 4. The van der Waals surface area contributed by atoms with Crippen LogP contribution in [0.1, 0.15) is 61.1 Å². The number of nitrogens with two attached hydrogens (primary N) is 3. The molecule has 5 aromatic carbocycles. The van der Waals surface area contributed by atoms with Crippen molar-refractivity contribution in [3.05, 3.63) is 139 Å². The predicted octanol–water partition coefficient (Wildman–Crippen LogP) is 9.99. The standard InChI is InChI=1S/C42H48Br2N6/c1-27-18-31(41(2,3)25-46)20-29-23-48-24-30-21-32(42(4,5)26-47)19-28(22-45)40(30)50(36-12-8-34(44)9-13-36)38-16-14-37(15-17-38)49(39(27)29)35-10-6-33(43)7-11-35/h6-21,48H,22-26,45-47H2,1-5H3. The van der Waals surface area contributed by atoms with Crippen LogP contribution in [0.15, 0.2) is 106 Å². The molecule has 7 N–H and O–H groups in total. The van der Waals surface area contributed by atoms with Gasteiger partial charge in [-0.2, -0.15) is 0 Å².